The van der Waals surface area contributed by atoms with Crippen molar-refractivity contribution >= 4 is 39.3 Å². The number of nitriles is 1. The lowest BCUT2D eigenvalue weighted by molar-refractivity contribution is -0.386. The van der Waals surface area contributed by atoms with Crippen LogP contribution in [0.5, 0.6) is 11.5 Å². The molecule has 0 aliphatic rings. The number of phenolic OH excluding ortho intramolecular Hbond substituents is 1. The van der Waals surface area contributed by atoms with Gasteiger partial charge in [0.15, 0.2) is 5.75 Å². The number of hydrogen-bond acceptors (Lipinski definition) is 6. The van der Waals surface area contributed by atoms with Gasteiger partial charge in [-0.2, -0.15) is 5.26 Å². The Hall–Kier alpha value is -3.38. The van der Waals surface area contributed by atoms with Gasteiger partial charge in [-0.05, 0) is 45.8 Å². The van der Waals surface area contributed by atoms with E-state index >= 15 is 0 Å². The van der Waals surface area contributed by atoms with E-state index in [1.165, 1.54) is 19.3 Å². The minimum absolute atomic E-state index is 0.144. The molecule has 0 heterocycles. The Labute approximate surface area is 156 Å². The van der Waals surface area contributed by atoms with Crippen molar-refractivity contribution < 1.29 is 19.6 Å². The number of nitrogens with one attached hydrogen (secondary N) is 1. The third-order valence-electron chi connectivity index (χ3n) is 3.29. The first kappa shape index (κ1) is 19.0. The fraction of sp³-hybridized carbons (Fsp3) is 0.0588. The largest absolute Gasteiger partial charge is 0.500 e. The second-order valence-corrected chi connectivity index (χ2v) is 5.81. The van der Waals surface area contributed by atoms with Gasteiger partial charge in [0.25, 0.3) is 5.91 Å². The summed E-state index contributed by atoms with van der Waals surface area (Å²) in [6.07, 6.45) is 1.17. The summed E-state index contributed by atoms with van der Waals surface area (Å²) < 4.78 is 5.52. The van der Waals surface area contributed by atoms with Gasteiger partial charge in [0.05, 0.1) is 17.7 Å². The summed E-state index contributed by atoms with van der Waals surface area (Å²) in [5.41, 5.74) is -0.250. The Morgan fingerprint density at radius 3 is 2.69 bits per heavy atom. The highest BCUT2D eigenvalue weighted by Crippen LogP contribution is 2.37. The van der Waals surface area contributed by atoms with E-state index in [0.29, 0.717) is 10.2 Å². The number of carbonyl (C=O) groups excluding carboxylic acids is 1. The number of phenols is 1. The number of para-hydroxylation sites is 1. The molecule has 0 fully saturated rings. The fourth-order valence-electron chi connectivity index (χ4n) is 2.06. The Balaban J connectivity index is 2.41. The summed E-state index contributed by atoms with van der Waals surface area (Å²) in [7, 11) is 1.23. The average molecular weight is 418 g/mol. The number of ether oxygens (including phenoxy) is 1. The lowest BCUT2D eigenvalue weighted by Gasteiger charge is -2.07. The zero-order chi connectivity index (χ0) is 19.3. The van der Waals surface area contributed by atoms with Crippen molar-refractivity contribution in [2.75, 3.05) is 12.4 Å². The molecule has 0 aliphatic heterocycles. The van der Waals surface area contributed by atoms with E-state index in [9.17, 15) is 25.3 Å². The molecule has 132 valence electrons. The van der Waals surface area contributed by atoms with Gasteiger partial charge >= 0.3 is 5.69 Å². The predicted molar refractivity (Wildman–Crippen MR) is 97.7 cm³/mol. The molecule has 0 bridgehead atoms. The number of rotatable bonds is 5. The Bertz CT molecular complexity index is 950. The van der Waals surface area contributed by atoms with Crippen LogP contribution in [-0.2, 0) is 4.79 Å². The highest BCUT2D eigenvalue weighted by molar-refractivity contribution is 9.10. The lowest BCUT2D eigenvalue weighted by Crippen LogP contribution is -2.13. The van der Waals surface area contributed by atoms with Crippen LogP contribution in [-0.4, -0.2) is 23.0 Å². The molecular formula is C17H12BrN3O5. The standard InChI is InChI=1S/C17H12BrN3O5/c1-26-15-8-10(7-14(16(15)22)21(24)25)6-11(9-19)17(23)20-13-5-3-2-4-12(13)18/h2-8,22H,1H3,(H,20,23)/b11-6+. The Kier molecular flexibility index (Phi) is 5.93. The molecule has 2 aromatic rings. The molecule has 0 saturated heterocycles. The maximum absolute atomic E-state index is 12.3. The maximum Gasteiger partial charge on any atom is 0.315 e. The summed E-state index contributed by atoms with van der Waals surface area (Å²) in [5, 5.41) is 32.6. The first-order valence-corrected chi connectivity index (χ1v) is 7.89. The quantitative estimate of drug-likeness (QED) is 0.331. The van der Waals surface area contributed by atoms with E-state index in [0.717, 1.165) is 6.07 Å². The van der Waals surface area contributed by atoms with Gasteiger partial charge in [0, 0.05) is 10.5 Å². The van der Waals surface area contributed by atoms with Crippen LogP contribution < -0.4 is 10.1 Å². The minimum atomic E-state index is -0.789. The second-order valence-electron chi connectivity index (χ2n) is 4.95. The molecule has 26 heavy (non-hydrogen) atoms. The van der Waals surface area contributed by atoms with Gasteiger partial charge in [-0.15, -0.1) is 0 Å². The molecule has 2 aromatic carbocycles. The number of nitro benzene ring substituents is 1. The van der Waals surface area contributed by atoms with Crippen molar-refractivity contribution in [2.45, 2.75) is 0 Å². The third kappa shape index (κ3) is 4.17. The Morgan fingerprint density at radius 1 is 1.42 bits per heavy atom. The molecule has 0 saturated carbocycles. The highest BCUT2D eigenvalue weighted by atomic mass is 79.9. The van der Waals surface area contributed by atoms with Gasteiger partial charge in [-0.3, -0.25) is 14.9 Å². The number of methoxy groups -OCH3 is 1. The summed E-state index contributed by atoms with van der Waals surface area (Å²) in [5.74, 6) is -1.46. The zero-order valence-electron chi connectivity index (χ0n) is 13.4. The van der Waals surface area contributed by atoms with Gasteiger partial charge in [0.2, 0.25) is 5.75 Å². The smallest absolute Gasteiger partial charge is 0.315 e. The summed E-state index contributed by atoms with van der Waals surface area (Å²) >= 11 is 3.28. The van der Waals surface area contributed by atoms with Gasteiger partial charge in [-0.25, -0.2) is 0 Å². The fourth-order valence-corrected chi connectivity index (χ4v) is 2.44. The molecule has 0 spiro atoms. The van der Waals surface area contributed by atoms with Crippen LogP contribution in [0.4, 0.5) is 11.4 Å². The van der Waals surface area contributed by atoms with E-state index in [-0.39, 0.29) is 16.9 Å². The van der Waals surface area contributed by atoms with Crippen molar-refractivity contribution in [2.24, 2.45) is 0 Å². The molecule has 0 atom stereocenters. The Morgan fingerprint density at radius 2 is 2.12 bits per heavy atom. The van der Waals surface area contributed by atoms with E-state index in [1.54, 1.807) is 30.3 Å². The van der Waals surface area contributed by atoms with Crippen LogP contribution in [0.2, 0.25) is 0 Å². The van der Waals surface area contributed by atoms with E-state index in [4.69, 9.17) is 4.74 Å². The first-order valence-electron chi connectivity index (χ1n) is 7.10. The number of hydrogen-bond donors (Lipinski definition) is 2. The van der Waals surface area contributed by atoms with Crippen LogP contribution in [0.25, 0.3) is 6.08 Å². The first-order chi connectivity index (χ1) is 12.4. The summed E-state index contributed by atoms with van der Waals surface area (Å²) in [6.45, 7) is 0. The van der Waals surface area contributed by atoms with Gasteiger partial charge in [-0.1, -0.05) is 12.1 Å². The van der Waals surface area contributed by atoms with Crippen molar-refractivity contribution in [3.05, 3.63) is 62.1 Å². The van der Waals surface area contributed by atoms with Crippen molar-refractivity contribution in [3.63, 3.8) is 0 Å². The predicted octanol–water partition coefficient (Wildman–Crippen LogP) is 3.62. The number of anilines is 1. The number of amides is 1. The number of nitrogens with zero attached hydrogens (tertiary/aromatic N) is 2. The van der Waals surface area contributed by atoms with Gasteiger partial charge < -0.3 is 15.2 Å². The van der Waals surface area contributed by atoms with Crippen LogP contribution in [0.1, 0.15) is 5.56 Å². The second kappa shape index (κ2) is 8.13. The summed E-state index contributed by atoms with van der Waals surface area (Å²) in [4.78, 5) is 22.5. The highest BCUT2D eigenvalue weighted by Gasteiger charge is 2.20. The zero-order valence-corrected chi connectivity index (χ0v) is 15.0. The van der Waals surface area contributed by atoms with E-state index in [1.807, 2.05) is 0 Å². The molecule has 0 aromatic heterocycles. The van der Waals surface area contributed by atoms with Crippen LogP contribution in [0.15, 0.2) is 46.4 Å². The van der Waals surface area contributed by atoms with E-state index < -0.39 is 22.3 Å². The normalized spacial score (nSPS) is 10.7. The molecule has 8 nitrogen and oxygen atoms in total. The number of aromatic hydroxyl groups is 1. The minimum Gasteiger partial charge on any atom is -0.500 e. The van der Waals surface area contributed by atoms with Crippen molar-refractivity contribution in [1.82, 2.24) is 0 Å². The van der Waals surface area contributed by atoms with Crippen LogP contribution in [0.3, 0.4) is 0 Å². The maximum atomic E-state index is 12.3. The number of carbonyl (C=O) groups is 1. The average Bonchev–Trinajstić information content (AvgIpc) is 2.62. The number of halogens is 1. The topological polar surface area (TPSA) is 125 Å². The molecule has 0 radical (unpaired) electrons. The number of benzene rings is 2. The molecule has 1 amide bonds. The molecule has 0 unspecified atom stereocenters. The van der Waals surface area contributed by atoms with E-state index in [2.05, 4.69) is 21.2 Å². The monoisotopic (exact) mass is 417 g/mol. The van der Waals surface area contributed by atoms with Crippen LogP contribution >= 0.6 is 15.9 Å². The van der Waals surface area contributed by atoms with Crippen molar-refractivity contribution in [3.8, 4) is 17.6 Å². The summed E-state index contributed by atoms with van der Waals surface area (Å²) in [6, 6.07) is 10.9. The molecule has 9 heteroatoms. The van der Waals surface area contributed by atoms with Crippen molar-refractivity contribution in [1.29, 1.82) is 5.26 Å². The number of nitro groups is 1. The SMILES string of the molecule is COc1cc(/C=C(\C#N)C(=O)Nc2ccccc2Br)cc([N+](=O)[O-])c1O. The molecule has 0 aliphatic carbocycles. The lowest BCUT2D eigenvalue weighted by atomic mass is 10.1. The third-order valence-corrected chi connectivity index (χ3v) is 3.98. The van der Waals surface area contributed by atoms with Crippen LogP contribution in [0, 0.1) is 21.4 Å². The van der Waals surface area contributed by atoms with Gasteiger partial charge in [0.1, 0.15) is 11.6 Å². The molecule has 2 rings (SSSR count). The molecular weight excluding hydrogens is 406 g/mol. The molecule has 2 N–H and O–H groups in total.